The minimum Gasteiger partial charge on any atom is -0.365 e. The number of carbonyl (C=O) groups is 1. The van der Waals surface area contributed by atoms with Crippen molar-refractivity contribution in [1.82, 2.24) is 5.32 Å². The predicted octanol–water partition coefficient (Wildman–Crippen LogP) is 2.74. The van der Waals surface area contributed by atoms with E-state index in [0.717, 1.165) is 32.2 Å². The summed E-state index contributed by atoms with van der Waals surface area (Å²) >= 11 is 5.86. The van der Waals surface area contributed by atoms with Gasteiger partial charge in [-0.05, 0) is 37.8 Å². The molecule has 118 valence electrons. The summed E-state index contributed by atoms with van der Waals surface area (Å²) in [6.07, 6.45) is 3.80. The van der Waals surface area contributed by atoms with E-state index < -0.39 is 4.92 Å². The van der Waals surface area contributed by atoms with Gasteiger partial charge < -0.3 is 10.2 Å². The number of nitro groups is 1. The summed E-state index contributed by atoms with van der Waals surface area (Å²) in [5.74, 6) is -0.0338. The molecule has 1 heterocycles. The summed E-state index contributed by atoms with van der Waals surface area (Å²) in [5, 5.41) is 14.6. The van der Waals surface area contributed by atoms with Crippen LogP contribution in [0.25, 0.3) is 0 Å². The standard InChI is InChI=1S/C15H18ClN3O3/c16-11-3-6-13(14(8-11)19(21)22)18-7-1-2-10(9-18)15(20)17-12-4-5-12/h3,6,8,10,12H,1-2,4-5,7,9H2,(H,17,20)/t10-/m0/s1. The van der Waals surface area contributed by atoms with Crippen LogP contribution in [0.15, 0.2) is 18.2 Å². The van der Waals surface area contributed by atoms with Crippen molar-refractivity contribution in [2.45, 2.75) is 31.7 Å². The number of halogens is 1. The number of amides is 1. The minimum absolute atomic E-state index is 0.00393. The quantitative estimate of drug-likeness (QED) is 0.683. The maximum absolute atomic E-state index is 12.2. The Bertz CT molecular complexity index is 604. The highest BCUT2D eigenvalue weighted by atomic mass is 35.5. The first-order chi connectivity index (χ1) is 10.5. The molecular weight excluding hydrogens is 306 g/mol. The normalized spacial score (nSPS) is 21.5. The smallest absolute Gasteiger partial charge is 0.294 e. The van der Waals surface area contributed by atoms with Crippen molar-refractivity contribution in [3.63, 3.8) is 0 Å². The van der Waals surface area contributed by atoms with Crippen LogP contribution < -0.4 is 10.2 Å². The number of nitrogens with one attached hydrogen (secondary N) is 1. The van der Waals surface area contributed by atoms with Gasteiger partial charge in [-0.1, -0.05) is 11.6 Å². The predicted molar refractivity (Wildman–Crippen MR) is 84.2 cm³/mol. The molecule has 1 aromatic rings. The molecule has 22 heavy (non-hydrogen) atoms. The van der Waals surface area contributed by atoms with Gasteiger partial charge in [0, 0.05) is 30.2 Å². The van der Waals surface area contributed by atoms with Crippen molar-refractivity contribution in [3.8, 4) is 0 Å². The molecule has 1 N–H and O–H groups in total. The maximum Gasteiger partial charge on any atom is 0.294 e. The van der Waals surface area contributed by atoms with Crippen LogP contribution in [-0.4, -0.2) is 30.0 Å². The summed E-state index contributed by atoms with van der Waals surface area (Å²) in [6, 6.07) is 5.03. The van der Waals surface area contributed by atoms with Gasteiger partial charge in [0.25, 0.3) is 5.69 Å². The van der Waals surface area contributed by atoms with Crippen LogP contribution in [-0.2, 0) is 4.79 Å². The lowest BCUT2D eigenvalue weighted by Crippen LogP contribution is -2.43. The molecule has 0 spiro atoms. The first-order valence-electron chi connectivity index (χ1n) is 7.54. The molecule has 0 aromatic heterocycles. The summed E-state index contributed by atoms with van der Waals surface area (Å²) < 4.78 is 0. The molecule has 0 unspecified atom stereocenters. The third-order valence-corrected chi connectivity index (χ3v) is 4.43. The molecule has 1 saturated carbocycles. The molecule has 0 bridgehead atoms. The fourth-order valence-corrected chi connectivity index (χ4v) is 3.03. The average Bonchev–Trinajstić information content (AvgIpc) is 3.31. The largest absolute Gasteiger partial charge is 0.365 e. The Morgan fingerprint density at radius 2 is 2.14 bits per heavy atom. The Labute approximate surface area is 133 Å². The lowest BCUT2D eigenvalue weighted by atomic mass is 9.96. The lowest BCUT2D eigenvalue weighted by molar-refractivity contribution is -0.384. The third kappa shape index (κ3) is 3.32. The molecule has 1 aliphatic heterocycles. The van der Waals surface area contributed by atoms with E-state index >= 15 is 0 Å². The van der Waals surface area contributed by atoms with Gasteiger partial charge in [0.15, 0.2) is 0 Å². The molecule has 1 saturated heterocycles. The van der Waals surface area contributed by atoms with E-state index in [9.17, 15) is 14.9 Å². The number of nitrogens with zero attached hydrogens (tertiary/aromatic N) is 2. The molecular formula is C15H18ClN3O3. The zero-order valence-electron chi connectivity index (χ0n) is 12.1. The zero-order chi connectivity index (χ0) is 15.7. The highest BCUT2D eigenvalue weighted by Crippen LogP contribution is 2.34. The van der Waals surface area contributed by atoms with Crippen LogP contribution in [0, 0.1) is 16.0 Å². The van der Waals surface area contributed by atoms with Crippen molar-refractivity contribution in [1.29, 1.82) is 0 Å². The first kappa shape index (κ1) is 15.1. The molecule has 1 aliphatic carbocycles. The van der Waals surface area contributed by atoms with Crippen molar-refractivity contribution in [2.24, 2.45) is 5.92 Å². The average molecular weight is 324 g/mol. The second-order valence-corrected chi connectivity index (χ2v) is 6.39. The second-order valence-electron chi connectivity index (χ2n) is 5.96. The molecule has 0 radical (unpaired) electrons. The Morgan fingerprint density at radius 1 is 1.36 bits per heavy atom. The number of carbonyl (C=O) groups excluding carboxylic acids is 1. The fraction of sp³-hybridized carbons (Fsp3) is 0.533. The first-order valence-corrected chi connectivity index (χ1v) is 7.91. The summed E-state index contributed by atoms with van der Waals surface area (Å²) in [5.41, 5.74) is 0.536. The minimum atomic E-state index is -0.422. The Morgan fingerprint density at radius 3 is 2.82 bits per heavy atom. The van der Waals surface area contributed by atoms with Gasteiger partial charge in [0.2, 0.25) is 5.91 Å². The van der Waals surface area contributed by atoms with E-state index in [1.54, 1.807) is 12.1 Å². The van der Waals surface area contributed by atoms with Crippen molar-refractivity contribution in [2.75, 3.05) is 18.0 Å². The molecule has 7 heteroatoms. The molecule has 1 atom stereocenters. The van der Waals surface area contributed by atoms with Gasteiger partial charge in [0.05, 0.1) is 10.8 Å². The summed E-state index contributed by atoms with van der Waals surface area (Å²) in [7, 11) is 0. The van der Waals surface area contributed by atoms with Gasteiger partial charge >= 0.3 is 0 Å². The Kier molecular flexibility index (Phi) is 4.20. The van der Waals surface area contributed by atoms with E-state index in [1.807, 2.05) is 4.90 Å². The number of hydrogen-bond acceptors (Lipinski definition) is 4. The van der Waals surface area contributed by atoms with E-state index in [2.05, 4.69) is 5.32 Å². The SMILES string of the molecule is O=C(NC1CC1)[C@H]1CCCN(c2ccc(Cl)cc2[N+](=O)[O-])C1. The van der Waals surface area contributed by atoms with Crippen LogP contribution in [0.4, 0.5) is 11.4 Å². The van der Waals surface area contributed by atoms with Crippen LogP contribution >= 0.6 is 11.6 Å². The Hall–Kier alpha value is -1.82. The molecule has 3 rings (SSSR count). The van der Waals surface area contributed by atoms with Crippen LogP contribution in [0.1, 0.15) is 25.7 Å². The zero-order valence-corrected chi connectivity index (χ0v) is 12.9. The molecule has 1 amide bonds. The van der Waals surface area contributed by atoms with Gasteiger partial charge in [-0.2, -0.15) is 0 Å². The number of anilines is 1. The second kappa shape index (κ2) is 6.12. The van der Waals surface area contributed by atoms with E-state index in [0.29, 0.717) is 23.3 Å². The van der Waals surface area contributed by atoms with Crippen LogP contribution in [0.2, 0.25) is 5.02 Å². The highest BCUT2D eigenvalue weighted by molar-refractivity contribution is 6.30. The maximum atomic E-state index is 12.2. The van der Waals surface area contributed by atoms with Gasteiger partial charge in [0.1, 0.15) is 5.69 Å². The fourth-order valence-electron chi connectivity index (χ4n) is 2.87. The summed E-state index contributed by atoms with van der Waals surface area (Å²) in [6.45, 7) is 1.23. The third-order valence-electron chi connectivity index (χ3n) is 4.19. The molecule has 2 fully saturated rings. The van der Waals surface area contributed by atoms with E-state index in [4.69, 9.17) is 11.6 Å². The van der Waals surface area contributed by atoms with E-state index in [-0.39, 0.29) is 17.5 Å². The van der Waals surface area contributed by atoms with E-state index in [1.165, 1.54) is 6.07 Å². The monoisotopic (exact) mass is 323 g/mol. The van der Waals surface area contributed by atoms with Gasteiger partial charge in [-0.15, -0.1) is 0 Å². The van der Waals surface area contributed by atoms with Crippen molar-refractivity contribution < 1.29 is 9.72 Å². The van der Waals surface area contributed by atoms with Gasteiger partial charge in [-0.3, -0.25) is 14.9 Å². The molecule has 1 aromatic carbocycles. The highest BCUT2D eigenvalue weighted by Gasteiger charge is 2.32. The number of piperidine rings is 1. The number of nitro benzene ring substituents is 1. The van der Waals surface area contributed by atoms with Gasteiger partial charge in [-0.25, -0.2) is 0 Å². The summed E-state index contributed by atoms with van der Waals surface area (Å²) in [4.78, 5) is 24.9. The van der Waals surface area contributed by atoms with Crippen molar-refractivity contribution in [3.05, 3.63) is 33.3 Å². The topological polar surface area (TPSA) is 75.5 Å². The lowest BCUT2D eigenvalue weighted by Gasteiger charge is -2.33. The molecule has 6 nitrogen and oxygen atoms in total. The number of benzene rings is 1. The van der Waals surface area contributed by atoms with Crippen LogP contribution in [0.5, 0.6) is 0 Å². The number of rotatable bonds is 4. The molecule has 2 aliphatic rings. The Balaban J connectivity index is 1.76. The van der Waals surface area contributed by atoms with Crippen LogP contribution in [0.3, 0.4) is 0 Å². The number of hydrogen-bond donors (Lipinski definition) is 1. The van der Waals surface area contributed by atoms with Crippen molar-refractivity contribution >= 4 is 28.9 Å².